The van der Waals surface area contributed by atoms with E-state index >= 15 is 0 Å². The van der Waals surface area contributed by atoms with Crippen molar-refractivity contribution in [1.29, 1.82) is 0 Å². The molecule has 0 bridgehead atoms. The van der Waals surface area contributed by atoms with Crippen LogP contribution in [0.5, 0.6) is 0 Å². The molecule has 0 saturated carbocycles. The van der Waals surface area contributed by atoms with Gasteiger partial charge in [-0.2, -0.15) is 0 Å². The number of carbonyl (C=O) groups is 4. The fourth-order valence-corrected chi connectivity index (χ4v) is 5.03. The quantitative estimate of drug-likeness (QED) is 0.0189. The summed E-state index contributed by atoms with van der Waals surface area (Å²) in [5.41, 5.74) is 5.33. The van der Waals surface area contributed by atoms with E-state index in [0.29, 0.717) is 97.2 Å². The molecule has 0 aromatic rings. The Balaban J connectivity index is -0.000000252. The highest BCUT2D eigenvalue weighted by Gasteiger charge is 2.35. The van der Waals surface area contributed by atoms with Gasteiger partial charge in [-0.15, -0.1) is 0 Å². The van der Waals surface area contributed by atoms with Crippen LogP contribution in [0.15, 0.2) is 36.9 Å². The van der Waals surface area contributed by atoms with Crippen LogP contribution in [0, 0.1) is 11.8 Å². The molecule has 0 aliphatic carbocycles. The third-order valence-corrected chi connectivity index (χ3v) is 9.19. The number of aliphatic hydroxyl groups is 3. The van der Waals surface area contributed by atoms with Crippen molar-refractivity contribution in [3.8, 4) is 0 Å². The minimum Gasteiger partial charge on any atom is -0.481 e. The normalized spacial score (nSPS) is 15.7. The van der Waals surface area contributed by atoms with Crippen LogP contribution in [0.25, 0.3) is 0 Å². The highest BCUT2D eigenvalue weighted by molar-refractivity contribution is 8.00. The number of ether oxygens (including phenoxy) is 6. The number of amides is 3. The summed E-state index contributed by atoms with van der Waals surface area (Å²) in [6.45, 7) is 28.0. The summed E-state index contributed by atoms with van der Waals surface area (Å²) >= 11 is 1.45. The van der Waals surface area contributed by atoms with Crippen molar-refractivity contribution in [1.82, 2.24) is 26.0 Å². The van der Waals surface area contributed by atoms with Gasteiger partial charge in [-0.25, -0.2) is 0 Å². The van der Waals surface area contributed by atoms with E-state index in [1.165, 1.54) is 18.9 Å². The Bertz CT molecular complexity index is 1140. The zero-order valence-electron chi connectivity index (χ0n) is 42.2. The molecule has 1 heterocycles. The van der Waals surface area contributed by atoms with E-state index in [1.54, 1.807) is 18.5 Å². The summed E-state index contributed by atoms with van der Waals surface area (Å²) in [6.07, 6.45) is 5.40. The smallest absolute Gasteiger partial charge is 0.303 e. The van der Waals surface area contributed by atoms with Crippen LogP contribution in [-0.4, -0.2) is 182 Å². The first-order valence-corrected chi connectivity index (χ1v) is 23.9. The molecule has 4 atom stereocenters. The van der Waals surface area contributed by atoms with Gasteiger partial charge in [0.1, 0.15) is 12.2 Å². The van der Waals surface area contributed by atoms with Gasteiger partial charge in [0.25, 0.3) is 0 Å². The second-order valence-corrected chi connectivity index (χ2v) is 15.7. The number of likely N-dealkylation sites (N-methyl/N-ethyl adjacent to an activating group) is 2. The maximum atomic E-state index is 10.9. The van der Waals surface area contributed by atoms with Gasteiger partial charge in [0.15, 0.2) is 0 Å². The summed E-state index contributed by atoms with van der Waals surface area (Å²) < 4.78 is 35.2. The Morgan fingerprint density at radius 3 is 1.78 bits per heavy atom. The third-order valence-electron chi connectivity index (χ3n) is 8.66. The summed E-state index contributed by atoms with van der Waals surface area (Å²) in [6, 6.07) is 0. The standard InChI is InChI=1S/C14H29NO6.C12H24N2O4S.C7H14O2.C6H13NO.C5H9N.C2H5NO/c1-15-4-6-20-8-7-19-5-2-3-11-9-12(17)14(18)13(10-16)21-11;1-3-19-14-5-7-17-9-11-18-10-8-16-6-4-12(15)13-2;1-3-6(4-2)5-7(8)9;1-6(2)3-4-7-5-8;1-4-5(2)6-3;1-2(3)4/h11-18H,2-10H2,1H3;3,14H,1,4-11H2,2H3,(H,13,15);6H,3-5H2,1-2H3,(H,8,9);5-6H,3-4H2,1-2H3,(H,7,8);4,6H,1-2H2,3H3;1H3,(H2,3,4). The van der Waals surface area contributed by atoms with Gasteiger partial charge in [-0.1, -0.05) is 72.2 Å². The molecule has 1 aliphatic heterocycles. The Kier molecular flexibility index (Phi) is 64.0. The molecule has 1 fully saturated rings. The van der Waals surface area contributed by atoms with Crippen LogP contribution in [0.4, 0.5) is 0 Å². The number of hydrogen-bond donors (Lipinski definition) is 10. The summed E-state index contributed by atoms with van der Waals surface area (Å²) in [7, 11) is 5.30. The van der Waals surface area contributed by atoms with Gasteiger partial charge in [0, 0.05) is 72.2 Å². The molecule has 3 amide bonds. The molecule has 0 spiro atoms. The second kappa shape index (κ2) is 58.9. The lowest BCUT2D eigenvalue weighted by Gasteiger charge is -2.36. The average Bonchev–Trinajstić information content (AvgIpc) is 3.30. The van der Waals surface area contributed by atoms with Crippen molar-refractivity contribution >= 4 is 36.1 Å². The van der Waals surface area contributed by atoms with E-state index < -0.39 is 24.3 Å². The summed E-state index contributed by atoms with van der Waals surface area (Å²) in [5, 5.41) is 49.4. The molecular formula is C46H94N6O14S. The van der Waals surface area contributed by atoms with E-state index in [1.807, 2.05) is 27.9 Å². The zero-order chi connectivity index (χ0) is 51.9. The highest BCUT2D eigenvalue weighted by Crippen LogP contribution is 2.23. The third kappa shape index (κ3) is 64.9. The van der Waals surface area contributed by atoms with Gasteiger partial charge >= 0.3 is 5.97 Å². The average molecular weight is 987 g/mol. The molecule has 0 radical (unpaired) electrons. The van der Waals surface area contributed by atoms with Gasteiger partial charge in [0.2, 0.25) is 18.2 Å². The Labute approximate surface area is 407 Å². The second-order valence-electron chi connectivity index (χ2n) is 14.8. The molecule has 21 heteroatoms. The van der Waals surface area contributed by atoms with Crippen LogP contribution >= 0.6 is 11.9 Å². The fraction of sp³-hybridized carbons (Fsp3) is 0.783. The molecular weight excluding hydrogens is 893 g/mol. The summed E-state index contributed by atoms with van der Waals surface area (Å²) in [5.74, 6) is 0.0335. The first kappa shape index (κ1) is 72.8. The van der Waals surface area contributed by atoms with Gasteiger partial charge < -0.3 is 75.8 Å². The van der Waals surface area contributed by atoms with Crippen LogP contribution in [0.2, 0.25) is 0 Å². The Morgan fingerprint density at radius 2 is 1.37 bits per heavy atom. The van der Waals surface area contributed by atoms with E-state index in [2.05, 4.69) is 65.3 Å². The SMILES string of the molecule is C=CC(=C)NC.C=CSNCCOCCOCCOCCC(=O)NC.CC(C)CCNC=O.CC(N)=O.CCC(CC)CC(=O)O.CNCCOCCOCCCC1CC(O)C(O)C(CO)O1. The van der Waals surface area contributed by atoms with Crippen molar-refractivity contribution in [2.24, 2.45) is 17.6 Å². The van der Waals surface area contributed by atoms with Crippen LogP contribution in [0.3, 0.4) is 0 Å². The van der Waals surface area contributed by atoms with Crippen molar-refractivity contribution in [3.63, 3.8) is 0 Å². The van der Waals surface area contributed by atoms with Gasteiger partial charge in [-0.05, 0) is 49.6 Å². The monoisotopic (exact) mass is 987 g/mol. The van der Waals surface area contributed by atoms with E-state index in [4.69, 9.17) is 38.6 Å². The number of carboxylic acids is 1. The van der Waals surface area contributed by atoms with Crippen LogP contribution in [0.1, 0.15) is 86.0 Å². The molecule has 1 aliphatic rings. The first-order valence-electron chi connectivity index (χ1n) is 23.0. The number of nitrogens with two attached hydrogens (primary N) is 1. The number of carbonyl (C=O) groups excluding carboxylic acids is 3. The van der Waals surface area contributed by atoms with E-state index in [0.717, 1.165) is 63.8 Å². The van der Waals surface area contributed by atoms with Gasteiger partial charge in [-0.3, -0.25) is 23.9 Å². The number of hydrogen-bond acceptors (Lipinski definition) is 17. The predicted octanol–water partition coefficient (Wildman–Crippen LogP) is 2.52. The van der Waals surface area contributed by atoms with Gasteiger partial charge in [0.05, 0.1) is 78.3 Å². The Hall–Kier alpha value is -3.19. The van der Waals surface area contributed by atoms with Crippen molar-refractivity contribution < 1.29 is 68.0 Å². The molecule has 0 aromatic carbocycles. The molecule has 67 heavy (non-hydrogen) atoms. The molecule has 20 nitrogen and oxygen atoms in total. The lowest BCUT2D eigenvalue weighted by atomic mass is 9.96. The lowest BCUT2D eigenvalue weighted by molar-refractivity contribution is -0.181. The summed E-state index contributed by atoms with van der Waals surface area (Å²) in [4.78, 5) is 39.9. The zero-order valence-corrected chi connectivity index (χ0v) is 43.0. The maximum absolute atomic E-state index is 10.9. The number of carboxylic acid groups (broad SMARTS) is 1. The highest BCUT2D eigenvalue weighted by atomic mass is 32.2. The number of allylic oxidation sites excluding steroid dienone is 1. The van der Waals surface area contributed by atoms with E-state index in [-0.39, 0.29) is 24.5 Å². The molecule has 1 rings (SSSR count). The maximum Gasteiger partial charge on any atom is 0.303 e. The lowest BCUT2D eigenvalue weighted by Crippen LogP contribution is -2.49. The molecule has 11 N–H and O–H groups in total. The van der Waals surface area contributed by atoms with Crippen molar-refractivity contribution in [2.45, 2.75) is 110 Å². The number of rotatable bonds is 35. The number of aliphatic hydroxyl groups excluding tert-OH is 3. The topological polar surface area (TPSA) is 291 Å². The first-order chi connectivity index (χ1) is 32.0. The van der Waals surface area contributed by atoms with Crippen molar-refractivity contribution in [3.05, 3.63) is 36.9 Å². The minimum atomic E-state index is -1.00. The minimum absolute atomic E-state index is 0.0162. The number of aliphatic carboxylic acids is 1. The van der Waals surface area contributed by atoms with Crippen molar-refractivity contribution in [2.75, 3.05) is 113 Å². The predicted molar refractivity (Wildman–Crippen MR) is 267 cm³/mol. The molecule has 0 aromatic heterocycles. The van der Waals surface area contributed by atoms with Crippen LogP contribution in [-0.2, 0) is 47.6 Å². The van der Waals surface area contributed by atoms with Crippen LogP contribution < -0.4 is 31.7 Å². The van der Waals surface area contributed by atoms with E-state index in [9.17, 15) is 29.4 Å². The number of nitrogens with one attached hydrogen (secondary N) is 5. The fourth-order valence-electron chi connectivity index (χ4n) is 4.71. The largest absolute Gasteiger partial charge is 0.481 e. The molecule has 4 unspecified atom stereocenters. The molecule has 1 saturated heterocycles. The molecule has 398 valence electrons. The number of primary amides is 1. The Morgan fingerprint density at radius 1 is 0.851 bits per heavy atom.